The first-order chi connectivity index (χ1) is 22.6. The zero-order chi connectivity index (χ0) is 33.7. The first-order valence-corrected chi connectivity index (χ1v) is 16.6. The lowest BCUT2D eigenvalue weighted by atomic mass is 9.96. The van der Waals surface area contributed by atoms with E-state index in [4.69, 9.17) is 19.2 Å². The zero-order valence-electron chi connectivity index (χ0n) is 26.6. The summed E-state index contributed by atoms with van der Waals surface area (Å²) in [5.41, 5.74) is 4.19. The Morgan fingerprint density at radius 3 is 2.43 bits per heavy atom. The van der Waals surface area contributed by atoms with Crippen LogP contribution in [0.5, 0.6) is 17.2 Å². The lowest BCUT2D eigenvalue weighted by Gasteiger charge is -2.18. The highest BCUT2D eigenvalue weighted by atomic mass is 79.9. The molecule has 5 rings (SSSR count). The Kier molecular flexibility index (Phi) is 10.8. The van der Waals surface area contributed by atoms with Gasteiger partial charge >= 0.3 is 0 Å². The summed E-state index contributed by atoms with van der Waals surface area (Å²) >= 11 is 7.20. The summed E-state index contributed by atoms with van der Waals surface area (Å²) in [6, 6.07) is 22.1. The van der Waals surface area contributed by atoms with Gasteiger partial charge in [-0.05, 0) is 105 Å². The molecule has 4 aromatic carbocycles. The van der Waals surface area contributed by atoms with Gasteiger partial charge in [-0.1, -0.05) is 44.2 Å². The Morgan fingerprint density at radius 2 is 1.72 bits per heavy atom. The van der Waals surface area contributed by atoms with E-state index in [1.165, 1.54) is 11.8 Å². The molecule has 0 aliphatic carbocycles. The summed E-state index contributed by atoms with van der Waals surface area (Å²) in [4.78, 5) is 31.4. The van der Waals surface area contributed by atoms with E-state index in [1.807, 2.05) is 56.3 Å². The van der Waals surface area contributed by atoms with Crippen LogP contribution in [0.1, 0.15) is 43.4 Å². The van der Waals surface area contributed by atoms with Crippen LogP contribution in [-0.2, 0) is 4.79 Å². The maximum atomic E-state index is 13.9. The Morgan fingerprint density at radius 1 is 1.00 bits per heavy atom. The zero-order valence-corrected chi connectivity index (χ0v) is 29.8. The molecule has 242 valence electrons. The van der Waals surface area contributed by atoms with Gasteiger partial charge in [0, 0.05) is 21.3 Å². The average Bonchev–Trinajstić information content (AvgIpc) is 3.06. The molecule has 1 heterocycles. The third-order valence-electron chi connectivity index (χ3n) is 7.37. The van der Waals surface area contributed by atoms with Gasteiger partial charge in [0.05, 0.1) is 35.3 Å². The van der Waals surface area contributed by atoms with Crippen LogP contribution in [0.4, 0.5) is 5.69 Å². The molecule has 0 radical (unpaired) electrons. The number of benzene rings is 4. The van der Waals surface area contributed by atoms with E-state index in [9.17, 15) is 9.59 Å². The van der Waals surface area contributed by atoms with E-state index in [0.29, 0.717) is 55.0 Å². The average molecular weight is 762 g/mol. The molecule has 0 unspecified atom stereocenters. The van der Waals surface area contributed by atoms with Crippen LogP contribution in [0.3, 0.4) is 0 Å². The molecule has 9 nitrogen and oxygen atoms in total. The number of ether oxygens (including phenoxy) is 3. The maximum Gasteiger partial charge on any atom is 0.282 e. The van der Waals surface area contributed by atoms with Crippen molar-refractivity contribution in [3.63, 3.8) is 0 Å². The summed E-state index contributed by atoms with van der Waals surface area (Å²) in [6.07, 6.45) is 1.55. The minimum absolute atomic E-state index is 0.172. The quantitative estimate of drug-likeness (QED) is 0.136. The molecule has 0 saturated carbocycles. The standard InChI is InChI=1S/C36H34Br2N4O5/c1-6-46-29-16-22(4)27(18-26(29)21(2)3)35-41-28-15-11-10-14-25(28)36(44)42(35)39-19-23-17-30(45-5)34(33(38)32(23)37)47-20-31(43)40-24-12-8-7-9-13-24/h7-19,21H,6,20H2,1-5H3,(H,40,43). The van der Waals surface area contributed by atoms with Crippen molar-refractivity contribution in [3.8, 4) is 28.6 Å². The van der Waals surface area contributed by atoms with Gasteiger partial charge in [0.15, 0.2) is 23.9 Å². The molecule has 11 heteroatoms. The summed E-state index contributed by atoms with van der Waals surface area (Å²) in [5, 5.41) is 7.91. The highest BCUT2D eigenvalue weighted by molar-refractivity contribution is 9.13. The van der Waals surface area contributed by atoms with E-state index in [1.54, 1.807) is 36.5 Å². The van der Waals surface area contributed by atoms with Crippen LogP contribution in [0.25, 0.3) is 22.3 Å². The number of nitrogens with zero attached hydrogens (tertiary/aromatic N) is 3. The number of hydrogen-bond acceptors (Lipinski definition) is 7. The molecule has 0 aliphatic rings. The maximum absolute atomic E-state index is 13.9. The van der Waals surface area contributed by atoms with Crippen LogP contribution < -0.4 is 25.1 Å². The van der Waals surface area contributed by atoms with E-state index >= 15 is 0 Å². The molecule has 0 aliphatic heterocycles. The number of para-hydroxylation sites is 2. The van der Waals surface area contributed by atoms with Crippen molar-refractivity contribution in [2.24, 2.45) is 5.10 Å². The minimum atomic E-state index is -0.326. The van der Waals surface area contributed by atoms with Crippen molar-refractivity contribution in [2.45, 2.75) is 33.6 Å². The van der Waals surface area contributed by atoms with Crippen LogP contribution >= 0.6 is 31.9 Å². The second-order valence-corrected chi connectivity index (χ2v) is 12.5. The number of rotatable bonds is 11. The molecular formula is C36H34Br2N4O5. The molecule has 1 aromatic heterocycles. The van der Waals surface area contributed by atoms with Gasteiger partial charge in [0.2, 0.25) is 0 Å². The minimum Gasteiger partial charge on any atom is -0.494 e. The number of fused-ring (bicyclic) bond motifs is 1. The van der Waals surface area contributed by atoms with Gasteiger partial charge in [0.25, 0.3) is 11.5 Å². The number of carbonyl (C=O) groups excluding carboxylic acids is 1. The molecular weight excluding hydrogens is 728 g/mol. The summed E-state index contributed by atoms with van der Waals surface area (Å²) in [5.74, 6) is 1.75. The number of hydrogen-bond donors (Lipinski definition) is 1. The van der Waals surface area contributed by atoms with Crippen LogP contribution in [-0.4, -0.2) is 42.1 Å². The largest absolute Gasteiger partial charge is 0.494 e. The van der Waals surface area contributed by atoms with Crippen LogP contribution in [0, 0.1) is 6.92 Å². The van der Waals surface area contributed by atoms with Gasteiger partial charge < -0.3 is 19.5 Å². The Bertz CT molecular complexity index is 2030. The van der Waals surface area contributed by atoms with E-state index in [0.717, 1.165) is 22.4 Å². The first-order valence-electron chi connectivity index (χ1n) is 15.0. The van der Waals surface area contributed by atoms with E-state index in [2.05, 4.69) is 56.1 Å². The van der Waals surface area contributed by atoms with Crippen molar-refractivity contribution in [2.75, 3.05) is 25.6 Å². The fourth-order valence-electron chi connectivity index (χ4n) is 5.04. The van der Waals surface area contributed by atoms with Crippen molar-refractivity contribution in [1.82, 2.24) is 9.66 Å². The first kappa shape index (κ1) is 33.9. The van der Waals surface area contributed by atoms with Gasteiger partial charge in [-0.3, -0.25) is 9.59 Å². The van der Waals surface area contributed by atoms with Gasteiger partial charge in [-0.2, -0.15) is 9.78 Å². The van der Waals surface area contributed by atoms with Gasteiger partial charge in [-0.25, -0.2) is 4.98 Å². The molecule has 0 atom stereocenters. The highest BCUT2D eigenvalue weighted by Crippen LogP contribution is 2.42. The summed E-state index contributed by atoms with van der Waals surface area (Å²) in [6.45, 7) is 8.42. The lowest BCUT2D eigenvalue weighted by molar-refractivity contribution is -0.118. The predicted molar refractivity (Wildman–Crippen MR) is 193 cm³/mol. The molecule has 0 bridgehead atoms. The van der Waals surface area contributed by atoms with Gasteiger partial charge in [0.1, 0.15) is 5.75 Å². The number of halogens is 2. The number of aromatic nitrogens is 2. The molecule has 47 heavy (non-hydrogen) atoms. The van der Waals surface area contributed by atoms with Crippen molar-refractivity contribution in [3.05, 3.63) is 109 Å². The van der Waals surface area contributed by atoms with Crippen molar-refractivity contribution < 1.29 is 19.0 Å². The third-order valence-corrected chi connectivity index (χ3v) is 9.51. The number of methoxy groups -OCH3 is 1. The Labute approximate surface area is 289 Å². The molecule has 0 saturated heterocycles. The topological polar surface area (TPSA) is 104 Å². The van der Waals surface area contributed by atoms with Gasteiger partial charge in [-0.15, -0.1) is 0 Å². The Balaban J connectivity index is 1.56. The van der Waals surface area contributed by atoms with Crippen LogP contribution in [0.15, 0.2) is 91.6 Å². The fraction of sp³-hybridized carbons (Fsp3) is 0.222. The fourth-order valence-corrected chi connectivity index (χ4v) is 5.97. The van der Waals surface area contributed by atoms with E-state index < -0.39 is 0 Å². The molecule has 5 aromatic rings. The number of amides is 1. The monoisotopic (exact) mass is 760 g/mol. The molecule has 1 N–H and O–H groups in total. The molecule has 0 fully saturated rings. The second-order valence-electron chi connectivity index (χ2n) is 10.9. The predicted octanol–water partition coefficient (Wildman–Crippen LogP) is 8.33. The summed E-state index contributed by atoms with van der Waals surface area (Å²) < 4.78 is 19.9. The number of aryl methyl sites for hydroxylation is 1. The Hall–Kier alpha value is -4.48. The smallest absolute Gasteiger partial charge is 0.282 e. The van der Waals surface area contributed by atoms with Crippen molar-refractivity contribution in [1.29, 1.82) is 0 Å². The second kappa shape index (κ2) is 15.0. The third kappa shape index (κ3) is 7.41. The lowest BCUT2D eigenvalue weighted by Crippen LogP contribution is -2.21. The number of nitrogens with one attached hydrogen (secondary N) is 1. The normalized spacial score (nSPS) is 11.3. The number of carbonyl (C=O) groups is 1. The van der Waals surface area contributed by atoms with Crippen LogP contribution in [0.2, 0.25) is 0 Å². The SMILES string of the molecule is CCOc1cc(C)c(-c2nc3ccccc3c(=O)n2N=Cc2cc(OC)c(OCC(=O)Nc3ccccc3)c(Br)c2Br)cc1C(C)C. The number of anilines is 1. The molecule has 1 amide bonds. The molecule has 0 spiro atoms. The highest BCUT2D eigenvalue weighted by Gasteiger charge is 2.20. The summed E-state index contributed by atoms with van der Waals surface area (Å²) in [7, 11) is 1.50. The van der Waals surface area contributed by atoms with Crippen molar-refractivity contribution >= 4 is 60.6 Å². The van der Waals surface area contributed by atoms with E-state index in [-0.39, 0.29) is 24.0 Å².